The fraction of sp³-hybridized carbons (Fsp3) is 0.600. The topological polar surface area (TPSA) is 46.2 Å². The molecule has 0 spiro atoms. The van der Waals surface area contributed by atoms with Gasteiger partial charge in [-0.25, -0.2) is 8.42 Å². The normalized spacial score (nSPS) is 15.2. The third kappa shape index (κ3) is 4.05. The van der Waals surface area contributed by atoms with Gasteiger partial charge in [0.2, 0.25) is 0 Å². The second-order valence-electron chi connectivity index (χ2n) is 5.03. The molecule has 0 radical (unpaired) electrons. The van der Waals surface area contributed by atoms with E-state index in [9.17, 15) is 8.42 Å². The van der Waals surface area contributed by atoms with Gasteiger partial charge in [0.25, 0.3) is 0 Å². The van der Waals surface area contributed by atoms with Crippen LogP contribution < -0.4 is 5.32 Å². The van der Waals surface area contributed by atoms with E-state index < -0.39 is 15.1 Å². The van der Waals surface area contributed by atoms with Crippen LogP contribution in [0.3, 0.4) is 0 Å². The average Bonchev–Trinajstić information content (AvgIpc) is 2.39. The van der Waals surface area contributed by atoms with Gasteiger partial charge < -0.3 is 5.32 Å². The Morgan fingerprint density at radius 3 is 2.21 bits per heavy atom. The maximum atomic E-state index is 12.6. The molecular weight excluding hydrogens is 258 g/mol. The van der Waals surface area contributed by atoms with Crippen molar-refractivity contribution in [1.29, 1.82) is 0 Å². The molecule has 0 heterocycles. The van der Waals surface area contributed by atoms with Gasteiger partial charge in [0, 0.05) is 6.04 Å². The fourth-order valence-corrected chi connectivity index (χ4v) is 3.80. The first-order valence-electron chi connectivity index (χ1n) is 6.97. The van der Waals surface area contributed by atoms with Gasteiger partial charge in [-0.1, -0.05) is 31.5 Å². The molecule has 1 aromatic carbocycles. The molecule has 0 amide bonds. The van der Waals surface area contributed by atoms with Crippen LogP contribution >= 0.6 is 0 Å². The average molecular weight is 283 g/mol. The monoisotopic (exact) mass is 283 g/mol. The first kappa shape index (κ1) is 16.2. The Balaban J connectivity index is 2.94. The summed E-state index contributed by atoms with van der Waals surface area (Å²) in [6, 6.07) is 7.10. The third-order valence-corrected chi connectivity index (χ3v) is 5.74. The lowest BCUT2D eigenvalue weighted by Gasteiger charge is -2.24. The lowest BCUT2D eigenvalue weighted by atomic mass is 10.1. The number of nitrogens with one attached hydrogen (secondary N) is 1. The number of sulfone groups is 1. The van der Waals surface area contributed by atoms with Gasteiger partial charge in [0.15, 0.2) is 9.84 Å². The summed E-state index contributed by atoms with van der Waals surface area (Å²) >= 11 is 0. The van der Waals surface area contributed by atoms with E-state index in [1.807, 2.05) is 26.0 Å². The minimum atomic E-state index is -3.26. The molecule has 19 heavy (non-hydrogen) atoms. The van der Waals surface area contributed by atoms with Crippen LogP contribution in [0, 0.1) is 6.92 Å². The molecule has 1 aromatic rings. The molecule has 3 nitrogen and oxygen atoms in total. The SMILES string of the molecule is CCCNC(CC)C(C)S(=O)(=O)c1ccc(C)cc1. The summed E-state index contributed by atoms with van der Waals surface area (Å²) in [5.41, 5.74) is 1.07. The van der Waals surface area contributed by atoms with Crippen molar-refractivity contribution in [3.8, 4) is 0 Å². The zero-order chi connectivity index (χ0) is 14.5. The minimum Gasteiger partial charge on any atom is -0.313 e. The highest BCUT2D eigenvalue weighted by atomic mass is 32.2. The molecule has 0 saturated carbocycles. The summed E-state index contributed by atoms with van der Waals surface area (Å²) in [5, 5.41) is 2.92. The van der Waals surface area contributed by atoms with Crippen molar-refractivity contribution in [2.75, 3.05) is 6.54 Å². The third-order valence-electron chi connectivity index (χ3n) is 3.50. The lowest BCUT2D eigenvalue weighted by molar-refractivity contribution is 0.472. The maximum absolute atomic E-state index is 12.6. The lowest BCUT2D eigenvalue weighted by Crippen LogP contribution is -2.42. The molecule has 108 valence electrons. The van der Waals surface area contributed by atoms with Gasteiger partial charge in [-0.2, -0.15) is 0 Å². The Morgan fingerprint density at radius 1 is 1.16 bits per heavy atom. The van der Waals surface area contributed by atoms with Gasteiger partial charge in [0.1, 0.15) is 0 Å². The van der Waals surface area contributed by atoms with Crippen molar-refractivity contribution < 1.29 is 8.42 Å². The highest BCUT2D eigenvalue weighted by Crippen LogP contribution is 2.20. The maximum Gasteiger partial charge on any atom is 0.182 e. The Morgan fingerprint density at radius 2 is 1.74 bits per heavy atom. The molecule has 0 aliphatic heterocycles. The Labute approximate surface area is 117 Å². The van der Waals surface area contributed by atoms with Gasteiger partial charge in [-0.05, 0) is 45.4 Å². The van der Waals surface area contributed by atoms with E-state index >= 15 is 0 Å². The second kappa shape index (κ2) is 7.06. The van der Waals surface area contributed by atoms with Crippen LogP contribution in [0.1, 0.15) is 39.2 Å². The van der Waals surface area contributed by atoms with Crippen LogP contribution in [0.4, 0.5) is 0 Å². The van der Waals surface area contributed by atoms with E-state index in [1.165, 1.54) is 0 Å². The van der Waals surface area contributed by atoms with Crippen molar-refractivity contribution in [3.05, 3.63) is 29.8 Å². The van der Waals surface area contributed by atoms with E-state index in [1.54, 1.807) is 19.1 Å². The predicted octanol–water partition coefficient (Wildman–Crippen LogP) is 2.94. The first-order chi connectivity index (χ1) is 8.93. The molecule has 0 fully saturated rings. The molecule has 0 aliphatic carbocycles. The van der Waals surface area contributed by atoms with Gasteiger partial charge in [-0.3, -0.25) is 0 Å². The summed E-state index contributed by atoms with van der Waals surface area (Å²) < 4.78 is 25.1. The van der Waals surface area contributed by atoms with Gasteiger partial charge in [-0.15, -0.1) is 0 Å². The van der Waals surface area contributed by atoms with E-state index in [2.05, 4.69) is 12.2 Å². The van der Waals surface area contributed by atoms with Crippen molar-refractivity contribution >= 4 is 9.84 Å². The van der Waals surface area contributed by atoms with Gasteiger partial charge >= 0.3 is 0 Å². The van der Waals surface area contributed by atoms with E-state index in [0.29, 0.717) is 4.90 Å². The Kier molecular flexibility index (Phi) is 6.01. The van der Waals surface area contributed by atoms with Crippen LogP contribution in [0.25, 0.3) is 0 Å². The quantitative estimate of drug-likeness (QED) is 0.837. The van der Waals surface area contributed by atoms with Crippen molar-refractivity contribution in [2.45, 2.75) is 56.7 Å². The zero-order valence-corrected chi connectivity index (χ0v) is 13.1. The zero-order valence-electron chi connectivity index (χ0n) is 12.3. The number of benzene rings is 1. The van der Waals surface area contributed by atoms with Crippen molar-refractivity contribution in [3.63, 3.8) is 0 Å². The Hall–Kier alpha value is -0.870. The standard InChI is InChI=1S/C15H25NO2S/c1-5-11-16-15(6-2)13(4)19(17,18)14-9-7-12(3)8-10-14/h7-10,13,15-16H,5-6,11H2,1-4H3. The van der Waals surface area contributed by atoms with Gasteiger partial charge in [0.05, 0.1) is 10.1 Å². The summed E-state index contributed by atoms with van der Waals surface area (Å²) in [5.74, 6) is 0. The second-order valence-corrected chi connectivity index (χ2v) is 7.34. The summed E-state index contributed by atoms with van der Waals surface area (Å²) in [6.45, 7) is 8.71. The molecule has 1 rings (SSSR count). The predicted molar refractivity (Wildman–Crippen MR) is 80.2 cm³/mol. The number of hydrogen-bond donors (Lipinski definition) is 1. The van der Waals surface area contributed by atoms with E-state index in [4.69, 9.17) is 0 Å². The molecule has 0 aliphatic rings. The highest BCUT2D eigenvalue weighted by Gasteiger charge is 2.29. The number of aryl methyl sites for hydroxylation is 1. The molecule has 4 heteroatoms. The molecular formula is C15H25NO2S. The summed E-state index contributed by atoms with van der Waals surface area (Å²) in [6.07, 6.45) is 1.82. The largest absolute Gasteiger partial charge is 0.313 e. The van der Waals surface area contributed by atoms with E-state index in [-0.39, 0.29) is 6.04 Å². The fourth-order valence-electron chi connectivity index (χ4n) is 2.13. The number of rotatable bonds is 7. The smallest absolute Gasteiger partial charge is 0.182 e. The molecule has 0 bridgehead atoms. The molecule has 0 saturated heterocycles. The molecule has 2 atom stereocenters. The summed E-state index contributed by atoms with van der Waals surface area (Å²) in [7, 11) is -3.26. The highest BCUT2D eigenvalue weighted by molar-refractivity contribution is 7.92. The Bertz CT molecular complexity index is 479. The van der Waals surface area contributed by atoms with Crippen molar-refractivity contribution in [1.82, 2.24) is 5.32 Å². The molecule has 0 aromatic heterocycles. The summed E-state index contributed by atoms with van der Waals surface area (Å²) in [4.78, 5) is 0.419. The van der Waals surface area contributed by atoms with E-state index in [0.717, 1.165) is 24.9 Å². The first-order valence-corrected chi connectivity index (χ1v) is 8.52. The molecule has 1 N–H and O–H groups in total. The van der Waals surface area contributed by atoms with Crippen LogP contribution in [0.2, 0.25) is 0 Å². The molecule has 2 unspecified atom stereocenters. The van der Waals surface area contributed by atoms with Crippen molar-refractivity contribution in [2.24, 2.45) is 0 Å². The van der Waals surface area contributed by atoms with Crippen LogP contribution in [0.5, 0.6) is 0 Å². The minimum absolute atomic E-state index is 0.00579. The van der Waals surface area contributed by atoms with Crippen LogP contribution in [-0.2, 0) is 9.84 Å². The van der Waals surface area contributed by atoms with Crippen LogP contribution in [-0.4, -0.2) is 26.3 Å². The number of hydrogen-bond acceptors (Lipinski definition) is 3. The van der Waals surface area contributed by atoms with Crippen LogP contribution in [0.15, 0.2) is 29.2 Å².